The van der Waals surface area contributed by atoms with Crippen LogP contribution in [0.3, 0.4) is 0 Å². The Labute approximate surface area is 114 Å². The second-order valence-electron chi connectivity index (χ2n) is 5.74. The Morgan fingerprint density at radius 3 is 2.79 bits per heavy atom. The van der Waals surface area contributed by atoms with Crippen LogP contribution in [0.2, 0.25) is 0 Å². The van der Waals surface area contributed by atoms with E-state index in [9.17, 15) is 9.18 Å². The molecule has 1 saturated carbocycles. The van der Waals surface area contributed by atoms with Crippen LogP contribution < -0.4 is 5.32 Å². The SMILES string of the molecule is Cc1cc(F)ccc1C(=O)NC1CCCC(C)CC1. The van der Waals surface area contributed by atoms with Crippen LogP contribution in [-0.4, -0.2) is 11.9 Å². The lowest BCUT2D eigenvalue weighted by Gasteiger charge is -2.17. The lowest BCUT2D eigenvalue weighted by molar-refractivity contribution is 0.0932. The van der Waals surface area contributed by atoms with Gasteiger partial charge in [0.2, 0.25) is 0 Å². The summed E-state index contributed by atoms with van der Waals surface area (Å²) >= 11 is 0. The molecule has 2 nitrogen and oxygen atoms in total. The van der Waals surface area contributed by atoms with Gasteiger partial charge in [0.05, 0.1) is 0 Å². The lowest BCUT2D eigenvalue weighted by Crippen LogP contribution is -2.34. The Bertz CT molecular complexity index is 458. The molecule has 0 spiro atoms. The number of aryl methyl sites for hydroxylation is 1. The van der Waals surface area contributed by atoms with Crippen molar-refractivity contribution >= 4 is 5.91 Å². The zero-order valence-corrected chi connectivity index (χ0v) is 11.7. The molecule has 104 valence electrons. The minimum absolute atomic E-state index is 0.0722. The molecular formula is C16H22FNO. The molecular weight excluding hydrogens is 241 g/mol. The molecule has 0 bridgehead atoms. The van der Waals surface area contributed by atoms with Gasteiger partial charge in [-0.05, 0) is 55.9 Å². The summed E-state index contributed by atoms with van der Waals surface area (Å²) in [4.78, 5) is 12.2. The molecule has 0 aliphatic heterocycles. The average Bonchev–Trinajstić information content (AvgIpc) is 2.54. The van der Waals surface area contributed by atoms with Crippen LogP contribution in [0.5, 0.6) is 0 Å². The molecule has 3 heteroatoms. The highest BCUT2D eigenvalue weighted by Crippen LogP contribution is 2.23. The molecule has 1 N–H and O–H groups in total. The van der Waals surface area contributed by atoms with E-state index in [2.05, 4.69) is 12.2 Å². The smallest absolute Gasteiger partial charge is 0.251 e. The summed E-state index contributed by atoms with van der Waals surface area (Å²) in [7, 11) is 0. The van der Waals surface area contributed by atoms with Crippen LogP contribution >= 0.6 is 0 Å². The fourth-order valence-electron chi connectivity index (χ4n) is 2.78. The van der Waals surface area contributed by atoms with Crippen molar-refractivity contribution in [2.45, 2.75) is 52.0 Å². The lowest BCUT2D eigenvalue weighted by atomic mass is 10.0. The summed E-state index contributed by atoms with van der Waals surface area (Å²) in [6, 6.07) is 4.59. The van der Waals surface area contributed by atoms with E-state index in [-0.39, 0.29) is 17.8 Å². The van der Waals surface area contributed by atoms with E-state index in [1.165, 1.54) is 31.4 Å². The molecule has 1 aliphatic rings. The minimum atomic E-state index is -0.294. The number of hydrogen-bond acceptors (Lipinski definition) is 1. The van der Waals surface area contributed by atoms with Crippen LogP contribution in [0.1, 0.15) is 54.9 Å². The van der Waals surface area contributed by atoms with Gasteiger partial charge in [-0.1, -0.05) is 19.8 Å². The van der Waals surface area contributed by atoms with Crippen LogP contribution in [0, 0.1) is 18.7 Å². The first-order chi connectivity index (χ1) is 9.06. The maximum absolute atomic E-state index is 13.0. The molecule has 0 radical (unpaired) electrons. The quantitative estimate of drug-likeness (QED) is 0.807. The number of hydrogen-bond donors (Lipinski definition) is 1. The number of carbonyl (C=O) groups is 1. The van der Waals surface area contributed by atoms with E-state index in [0.717, 1.165) is 18.8 Å². The van der Waals surface area contributed by atoms with Gasteiger partial charge in [-0.3, -0.25) is 4.79 Å². The third-order valence-electron chi connectivity index (χ3n) is 4.03. The van der Waals surface area contributed by atoms with Crippen molar-refractivity contribution in [1.29, 1.82) is 0 Å². The molecule has 1 aliphatic carbocycles. The molecule has 1 aromatic carbocycles. The molecule has 1 fully saturated rings. The second-order valence-corrected chi connectivity index (χ2v) is 5.74. The zero-order chi connectivity index (χ0) is 13.8. The van der Waals surface area contributed by atoms with E-state index < -0.39 is 0 Å². The second kappa shape index (κ2) is 6.18. The normalized spacial score (nSPS) is 23.7. The van der Waals surface area contributed by atoms with Crippen molar-refractivity contribution in [3.63, 3.8) is 0 Å². The van der Waals surface area contributed by atoms with Gasteiger partial charge < -0.3 is 5.32 Å². The molecule has 2 rings (SSSR count). The van der Waals surface area contributed by atoms with Gasteiger partial charge >= 0.3 is 0 Å². The maximum atomic E-state index is 13.0. The highest BCUT2D eigenvalue weighted by molar-refractivity contribution is 5.95. The summed E-state index contributed by atoms with van der Waals surface area (Å²) in [5.41, 5.74) is 1.28. The summed E-state index contributed by atoms with van der Waals surface area (Å²) in [6.45, 7) is 4.04. The van der Waals surface area contributed by atoms with Gasteiger partial charge in [-0.25, -0.2) is 4.39 Å². The van der Waals surface area contributed by atoms with Crippen molar-refractivity contribution < 1.29 is 9.18 Å². The van der Waals surface area contributed by atoms with Gasteiger partial charge in [0.1, 0.15) is 5.82 Å². The fraction of sp³-hybridized carbons (Fsp3) is 0.562. The van der Waals surface area contributed by atoms with Gasteiger partial charge in [0.25, 0.3) is 5.91 Å². The number of benzene rings is 1. The zero-order valence-electron chi connectivity index (χ0n) is 11.7. The van der Waals surface area contributed by atoms with Crippen molar-refractivity contribution in [3.8, 4) is 0 Å². The van der Waals surface area contributed by atoms with Gasteiger partial charge in [0, 0.05) is 11.6 Å². The number of amides is 1. The largest absolute Gasteiger partial charge is 0.349 e. The van der Waals surface area contributed by atoms with Crippen molar-refractivity contribution in [2.75, 3.05) is 0 Å². The highest BCUT2D eigenvalue weighted by atomic mass is 19.1. The monoisotopic (exact) mass is 263 g/mol. The first kappa shape index (κ1) is 14.0. The average molecular weight is 263 g/mol. The van der Waals surface area contributed by atoms with Gasteiger partial charge in [0.15, 0.2) is 0 Å². The molecule has 19 heavy (non-hydrogen) atoms. The van der Waals surface area contributed by atoms with E-state index in [1.807, 2.05) is 0 Å². The predicted molar refractivity (Wildman–Crippen MR) is 74.6 cm³/mol. The summed E-state index contributed by atoms with van der Waals surface area (Å²) < 4.78 is 13.0. The Morgan fingerprint density at radius 2 is 2.05 bits per heavy atom. The Hall–Kier alpha value is -1.38. The van der Waals surface area contributed by atoms with E-state index in [1.54, 1.807) is 13.0 Å². The standard InChI is InChI=1S/C16H22FNO/c1-11-4-3-5-14(8-6-11)18-16(19)15-9-7-13(17)10-12(15)2/h7,9-11,14H,3-6,8H2,1-2H3,(H,18,19). The van der Waals surface area contributed by atoms with Gasteiger partial charge in [-0.15, -0.1) is 0 Å². The summed E-state index contributed by atoms with van der Waals surface area (Å²) in [6.07, 6.45) is 5.70. The number of nitrogens with one attached hydrogen (secondary N) is 1. The summed E-state index contributed by atoms with van der Waals surface area (Å²) in [5.74, 6) is 0.392. The highest BCUT2D eigenvalue weighted by Gasteiger charge is 2.19. The van der Waals surface area contributed by atoms with Gasteiger partial charge in [-0.2, -0.15) is 0 Å². The fourth-order valence-corrected chi connectivity index (χ4v) is 2.78. The Balaban J connectivity index is 2.00. The first-order valence-corrected chi connectivity index (χ1v) is 7.13. The van der Waals surface area contributed by atoms with E-state index >= 15 is 0 Å². The maximum Gasteiger partial charge on any atom is 0.251 e. The van der Waals surface area contributed by atoms with E-state index in [4.69, 9.17) is 0 Å². The number of rotatable bonds is 2. The van der Waals surface area contributed by atoms with Crippen LogP contribution in [0.4, 0.5) is 4.39 Å². The molecule has 0 saturated heterocycles. The first-order valence-electron chi connectivity index (χ1n) is 7.13. The minimum Gasteiger partial charge on any atom is -0.349 e. The molecule has 0 heterocycles. The topological polar surface area (TPSA) is 29.1 Å². The predicted octanol–water partition coefficient (Wildman–Crippen LogP) is 3.83. The third kappa shape index (κ3) is 3.79. The summed E-state index contributed by atoms with van der Waals surface area (Å²) in [5, 5.41) is 3.09. The molecule has 1 aromatic rings. The molecule has 2 atom stereocenters. The van der Waals surface area contributed by atoms with Crippen LogP contribution in [-0.2, 0) is 0 Å². The van der Waals surface area contributed by atoms with Crippen molar-refractivity contribution in [3.05, 3.63) is 35.1 Å². The molecule has 1 amide bonds. The third-order valence-corrected chi connectivity index (χ3v) is 4.03. The molecule has 2 unspecified atom stereocenters. The number of halogens is 1. The van der Waals surface area contributed by atoms with E-state index in [0.29, 0.717) is 11.1 Å². The van der Waals surface area contributed by atoms with Crippen LogP contribution in [0.25, 0.3) is 0 Å². The van der Waals surface area contributed by atoms with Crippen molar-refractivity contribution in [2.24, 2.45) is 5.92 Å². The van der Waals surface area contributed by atoms with Crippen molar-refractivity contribution in [1.82, 2.24) is 5.32 Å². The molecule has 0 aromatic heterocycles. The Morgan fingerprint density at radius 1 is 1.26 bits per heavy atom. The Kier molecular flexibility index (Phi) is 4.56. The number of carbonyl (C=O) groups excluding carboxylic acids is 1. The van der Waals surface area contributed by atoms with Crippen LogP contribution in [0.15, 0.2) is 18.2 Å².